The summed E-state index contributed by atoms with van der Waals surface area (Å²) in [5.74, 6) is 0.322. The maximum atomic E-state index is 12.9. The minimum Gasteiger partial charge on any atom is -0.490 e. The molecule has 2 aromatic carbocycles. The van der Waals surface area contributed by atoms with Crippen LogP contribution in [-0.4, -0.2) is 37.8 Å². The number of nitrogens with one attached hydrogen (secondary N) is 1. The SMILES string of the molecule is O=C(Nc1ccc(OC2CCCC2)cc1)c1cc(S(=O)(=O)N2CCCCC2)ccc1Cl. The van der Waals surface area contributed by atoms with E-state index in [1.807, 2.05) is 12.1 Å². The van der Waals surface area contributed by atoms with Crippen LogP contribution in [0.3, 0.4) is 0 Å². The van der Waals surface area contributed by atoms with Crippen molar-refractivity contribution in [1.29, 1.82) is 0 Å². The molecule has 6 nitrogen and oxygen atoms in total. The second kappa shape index (κ2) is 9.59. The summed E-state index contributed by atoms with van der Waals surface area (Å²) >= 11 is 6.22. The second-order valence-electron chi connectivity index (χ2n) is 8.11. The number of carbonyl (C=O) groups excluding carboxylic acids is 1. The number of hydrogen-bond acceptors (Lipinski definition) is 4. The Labute approximate surface area is 188 Å². The fourth-order valence-electron chi connectivity index (χ4n) is 4.11. The van der Waals surface area contributed by atoms with E-state index in [1.165, 1.54) is 35.3 Å². The number of amides is 1. The number of rotatable bonds is 6. The number of anilines is 1. The highest BCUT2D eigenvalue weighted by atomic mass is 35.5. The van der Waals surface area contributed by atoms with Gasteiger partial charge in [0.15, 0.2) is 0 Å². The van der Waals surface area contributed by atoms with Crippen LogP contribution in [0.5, 0.6) is 5.75 Å². The van der Waals surface area contributed by atoms with Gasteiger partial charge in [0, 0.05) is 18.8 Å². The van der Waals surface area contributed by atoms with Crippen molar-refractivity contribution in [3.05, 3.63) is 53.1 Å². The Hall–Kier alpha value is -2.09. The summed E-state index contributed by atoms with van der Waals surface area (Å²) in [4.78, 5) is 12.9. The Balaban J connectivity index is 1.47. The van der Waals surface area contributed by atoms with Crippen LogP contribution in [0, 0.1) is 0 Å². The summed E-state index contributed by atoms with van der Waals surface area (Å²) in [6.07, 6.45) is 7.55. The van der Waals surface area contributed by atoms with E-state index in [2.05, 4.69) is 5.32 Å². The standard InChI is InChI=1S/C23H27ClN2O4S/c24-22-13-12-20(31(28,29)26-14-4-1-5-15-26)16-21(22)23(27)25-17-8-10-19(11-9-17)30-18-6-2-3-7-18/h8-13,16,18H,1-7,14-15H2,(H,25,27). The van der Waals surface area contributed by atoms with Crippen molar-refractivity contribution in [2.24, 2.45) is 0 Å². The van der Waals surface area contributed by atoms with E-state index in [0.717, 1.165) is 37.9 Å². The number of ether oxygens (including phenoxy) is 1. The van der Waals surface area contributed by atoms with Gasteiger partial charge < -0.3 is 10.1 Å². The minimum atomic E-state index is -3.65. The van der Waals surface area contributed by atoms with E-state index in [4.69, 9.17) is 16.3 Å². The lowest BCUT2D eigenvalue weighted by molar-refractivity contribution is 0.102. The summed E-state index contributed by atoms with van der Waals surface area (Å²) < 4.78 is 33.3. The van der Waals surface area contributed by atoms with Crippen LogP contribution >= 0.6 is 11.6 Å². The number of halogens is 1. The van der Waals surface area contributed by atoms with Gasteiger partial charge in [0.25, 0.3) is 5.91 Å². The van der Waals surface area contributed by atoms with Crippen LogP contribution in [0.25, 0.3) is 0 Å². The smallest absolute Gasteiger partial charge is 0.257 e. The quantitative estimate of drug-likeness (QED) is 0.648. The number of piperidine rings is 1. The van der Waals surface area contributed by atoms with E-state index < -0.39 is 15.9 Å². The van der Waals surface area contributed by atoms with Crippen LogP contribution < -0.4 is 10.1 Å². The second-order valence-corrected chi connectivity index (χ2v) is 10.5. The van der Waals surface area contributed by atoms with Crippen molar-refractivity contribution < 1.29 is 17.9 Å². The van der Waals surface area contributed by atoms with Gasteiger partial charge in [-0.2, -0.15) is 4.31 Å². The summed E-state index contributed by atoms with van der Waals surface area (Å²) in [6, 6.07) is 11.5. The third kappa shape index (κ3) is 5.22. The molecule has 1 heterocycles. The average Bonchev–Trinajstić information content (AvgIpc) is 3.29. The van der Waals surface area contributed by atoms with Gasteiger partial charge in [0.05, 0.1) is 21.6 Å². The molecular weight excluding hydrogens is 436 g/mol. The highest BCUT2D eigenvalue weighted by molar-refractivity contribution is 7.89. The van der Waals surface area contributed by atoms with Gasteiger partial charge in [-0.15, -0.1) is 0 Å². The Kier molecular flexibility index (Phi) is 6.84. The summed E-state index contributed by atoms with van der Waals surface area (Å²) in [7, 11) is -3.65. The van der Waals surface area contributed by atoms with Crippen LogP contribution in [0.1, 0.15) is 55.3 Å². The zero-order valence-electron chi connectivity index (χ0n) is 17.3. The maximum Gasteiger partial charge on any atom is 0.257 e. The normalized spacial score (nSPS) is 18.1. The highest BCUT2D eigenvalue weighted by Crippen LogP contribution is 2.27. The average molecular weight is 463 g/mol. The first-order chi connectivity index (χ1) is 14.9. The molecule has 4 rings (SSSR count). The lowest BCUT2D eigenvalue weighted by Gasteiger charge is -2.26. The molecule has 1 amide bonds. The fraction of sp³-hybridized carbons (Fsp3) is 0.435. The molecule has 1 N–H and O–H groups in total. The molecule has 1 aliphatic heterocycles. The largest absolute Gasteiger partial charge is 0.490 e. The molecule has 0 radical (unpaired) electrons. The van der Waals surface area contributed by atoms with Gasteiger partial charge in [-0.25, -0.2) is 8.42 Å². The van der Waals surface area contributed by atoms with Crippen molar-refractivity contribution in [3.8, 4) is 5.75 Å². The third-order valence-electron chi connectivity index (χ3n) is 5.85. The molecule has 1 saturated carbocycles. The molecule has 166 valence electrons. The van der Waals surface area contributed by atoms with Crippen molar-refractivity contribution in [3.63, 3.8) is 0 Å². The number of nitrogens with zero attached hydrogens (tertiary/aromatic N) is 1. The van der Waals surface area contributed by atoms with Crippen LogP contribution in [0.4, 0.5) is 5.69 Å². The third-order valence-corrected chi connectivity index (χ3v) is 8.08. The number of sulfonamides is 1. The van der Waals surface area contributed by atoms with Crippen LogP contribution in [0.15, 0.2) is 47.4 Å². The monoisotopic (exact) mass is 462 g/mol. The van der Waals surface area contributed by atoms with E-state index in [-0.39, 0.29) is 21.6 Å². The molecule has 1 saturated heterocycles. The Morgan fingerprint density at radius 2 is 1.65 bits per heavy atom. The molecule has 1 aliphatic carbocycles. The predicted molar refractivity (Wildman–Crippen MR) is 121 cm³/mol. The topological polar surface area (TPSA) is 75.7 Å². The zero-order valence-corrected chi connectivity index (χ0v) is 18.9. The Bertz CT molecular complexity index is 1030. The van der Waals surface area contributed by atoms with Crippen molar-refractivity contribution in [2.45, 2.75) is 55.9 Å². The summed E-state index contributed by atoms with van der Waals surface area (Å²) in [5.41, 5.74) is 0.718. The highest BCUT2D eigenvalue weighted by Gasteiger charge is 2.27. The Morgan fingerprint density at radius 3 is 2.32 bits per heavy atom. The minimum absolute atomic E-state index is 0.0873. The lowest BCUT2D eigenvalue weighted by Crippen LogP contribution is -2.35. The van der Waals surface area contributed by atoms with Gasteiger partial charge >= 0.3 is 0 Å². The van der Waals surface area contributed by atoms with Gasteiger partial charge in [0.2, 0.25) is 10.0 Å². The molecule has 0 atom stereocenters. The molecule has 31 heavy (non-hydrogen) atoms. The van der Waals surface area contributed by atoms with Gasteiger partial charge in [-0.05, 0) is 81.0 Å². The van der Waals surface area contributed by atoms with E-state index >= 15 is 0 Å². The molecule has 0 aromatic heterocycles. The van der Waals surface area contributed by atoms with Crippen molar-refractivity contribution >= 4 is 33.2 Å². The van der Waals surface area contributed by atoms with E-state index in [1.54, 1.807) is 12.1 Å². The molecule has 2 fully saturated rings. The first-order valence-corrected chi connectivity index (χ1v) is 12.6. The van der Waals surface area contributed by atoms with Crippen molar-refractivity contribution in [1.82, 2.24) is 4.31 Å². The van der Waals surface area contributed by atoms with Gasteiger partial charge in [0.1, 0.15) is 5.75 Å². The molecule has 2 aliphatic rings. The van der Waals surface area contributed by atoms with Crippen LogP contribution in [-0.2, 0) is 10.0 Å². The molecule has 0 bridgehead atoms. The maximum absolute atomic E-state index is 12.9. The molecule has 2 aromatic rings. The number of carbonyl (C=O) groups is 1. The molecule has 8 heteroatoms. The Morgan fingerprint density at radius 1 is 0.968 bits per heavy atom. The van der Waals surface area contributed by atoms with E-state index in [9.17, 15) is 13.2 Å². The lowest BCUT2D eigenvalue weighted by atomic mass is 10.2. The predicted octanol–water partition coefficient (Wildman–Crippen LogP) is 5.09. The molecule has 0 unspecified atom stereocenters. The van der Waals surface area contributed by atoms with E-state index in [0.29, 0.717) is 18.8 Å². The van der Waals surface area contributed by atoms with Crippen LogP contribution in [0.2, 0.25) is 5.02 Å². The van der Waals surface area contributed by atoms with Gasteiger partial charge in [-0.3, -0.25) is 4.79 Å². The van der Waals surface area contributed by atoms with Gasteiger partial charge in [-0.1, -0.05) is 18.0 Å². The molecule has 0 spiro atoms. The number of hydrogen-bond donors (Lipinski definition) is 1. The zero-order chi connectivity index (χ0) is 21.8. The first-order valence-electron chi connectivity index (χ1n) is 10.8. The fourth-order valence-corrected chi connectivity index (χ4v) is 5.85. The summed E-state index contributed by atoms with van der Waals surface area (Å²) in [6.45, 7) is 1.00. The number of benzene rings is 2. The summed E-state index contributed by atoms with van der Waals surface area (Å²) in [5, 5.41) is 3.00. The molecular formula is C23H27ClN2O4S. The first kappa shape index (κ1) is 22.1. The van der Waals surface area contributed by atoms with Crippen molar-refractivity contribution in [2.75, 3.05) is 18.4 Å².